The van der Waals surface area contributed by atoms with Gasteiger partial charge in [-0.05, 0) is 47.5 Å². The van der Waals surface area contributed by atoms with Crippen LogP contribution in [0.2, 0.25) is 10.0 Å². The van der Waals surface area contributed by atoms with Crippen molar-refractivity contribution in [3.05, 3.63) is 86.1 Å². The Labute approximate surface area is 198 Å². The number of nitrogens with one attached hydrogen (secondary N) is 2. The Kier molecular flexibility index (Phi) is 7.02. The summed E-state index contributed by atoms with van der Waals surface area (Å²) in [5.41, 5.74) is 3.97. The molecule has 4 rings (SSSR count). The number of rotatable bonds is 8. The lowest BCUT2D eigenvalue weighted by Crippen LogP contribution is -2.14. The van der Waals surface area contributed by atoms with Gasteiger partial charge in [-0.15, -0.1) is 0 Å². The van der Waals surface area contributed by atoms with Gasteiger partial charge in [0.2, 0.25) is 0 Å². The number of H-pyrrole nitrogens is 1. The van der Waals surface area contributed by atoms with Crippen LogP contribution in [-0.2, 0) is 19.7 Å². The van der Waals surface area contributed by atoms with Gasteiger partial charge < -0.3 is 19.8 Å². The van der Waals surface area contributed by atoms with Crippen LogP contribution < -0.4 is 14.8 Å². The van der Waals surface area contributed by atoms with Gasteiger partial charge in [-0.2, -0.15) is 0 Å². The Morgan fingerprint density at radius 1 is 1.00 bits per heavy atom. The monoisotopic (exact) mass is 519 g/mol. The number of halogens is 3. The molecule has 0 amide bonds. The van der Waals surface area contributed by atoms with Crippen molar-refractivity contribution in [2.75, 3.05) is 7.11 Å². The van der Waals surface area contributed by atoms with Crippen LogP contribution in [0.15, 0.2) is 59.1 Å². The van der Waals surface area contributed by atoms with E-state index in [1.165, 1.54) is 0 Å². The number of aromatic amines is 1. The first-order valence-corrected chi connectivity index (χ1v) is 11.2. The summed E-state index contributed by atoms with van der Waals surface area (Å²) < 4.78 is 12.4. The Balaban J connectivity index is 1.40. The zero-order valence-corrected chi connectivity index (χ0v) is 19.8. The highest BCUT2D eigenvalue weighted by Crippen LogP contribution is 2.34. The van der Waals surface area contributed by atoms with Crippen molar-refractivity contribution < 1.29 is 9.47 Å². The highest BCUT2D eigenvalue weighted by molar-refractivity contribution is 9.10. The van der Waals surface area contributed by atoms with Gasteiger partial charge in [0.15, 0.2) is 11.5 Å². The number of para-hydroxylation sites is 2. The zero-order valence-electron chi connectivity index (χ0n) is 16.7. The van der Waals surface area contributed by atoms with E-state index in [2.05, 4.69) is 31.2 Å². The van der Waals surface area contributed by atoms with Gasteiger partial charge in [-0.1, -0.05) is 57.3 Å². The smallest absolute Gasteiger partial charge is 0.162 e. The molecule has 0 spiro atoms. The van der Waals surface area contributed by atoms with Gasteiger partial charge in [-0.3, -0.25) is 0 Å². The van der Waals surface area contributed by atoms with Gasteiger partial charge in [0, 0.05) is 11.0 Å². The topological polar surface area (TPSA) is 59.2 Å². The molecule has 1 heterocycles. The Hall–Kier alpha value is -2.25. The third kappa shape index (κ3) is 5.33. The highest BCUT2D eigenvalue weighted by Gasteiger charge is 2.12. The quantitative estimate of drug-likeness (QED) is 0.278. The van der Waals surface area contributed by atoms with Crippen molar-refractivity contribution in [3.8, 4) is 11.5 Å². The lowest BCUT2D eigenvalue weighted by Gasteiger charge is -2.14. The number of benzene rings is 3. The lowest BCUT2D eigenvalue weighted by molar-refractivity contribution is 0.284. The fraction of sp³-hybridized carbons (Fsp3) is 0.174. The Morgan fingerprint density at radius 3 is 2.61 bits per heavy atom. The van der Waals surface area contributed by atoms with Crippen molar-refractivity contribution in [1.29, 1.82) is 0 Å². The molecule has 8 heteroatoms. The minimum Gasteiger partial charge on any atom is -0.493 e. The van der Waals surface area contributed by atoms with Gasteiger partial charge >= 0.3 is 0 Å². The van der Waals surface area contributed by atoms with E-state index in [9.17, 15) is 0 Å². The van der Waals surface area contributed by atoms with Crippen molar-refractivity contribution >= 4 is 50.2 Å². The second-order valence-corrected chi connectivity index (χ2v) is 8.60. The number of methoxy groups -OCH3 is 1. The molecule has 2 N–H and O–H groups in total. The van der Waals surface area contributed by atoms with E-state index in [1.54, 1.807) is 19.2 Å². The van der Waals surface area contributed by atoms with Crippen LogP contribution in [0, 0.1) is 0 Å². The van der Waals surface area contributed by atoms with E-state index in [0.29, 0.717) is 41.2 Å². The molecule has 0 aliphatic rings. The molecule has 31 heavy (non-hydrogen) atoms. The first-order chi connectivity index (χ1) is 15.0. The minimum atomic E-state index is 0.351. The summed E-state index contributed by atoms with van der Waals surface area (Å²) in [5.74, 6) is 2.19. The fourth-order valence-electron chi connectivity index (χ4n) is 3.18. The summed E-state index contributed by atoms with van der Waals surface area (Å²) in [5, 5.41) is 4.43. The standard InChI is InChI=1S/C23H20BrCl2N3O2/c1-30-21-9-15(11-27-12-23-28-19-4-2-3-5-20(19)29-23)16(24)10-22(21)31-13-14-6-7-17(25)18(26)8-14/h2-10,27H,11-13H2,1H3,(H,28,29). The molecule has 0 radical (unpaired) electrons. The van der Waals surface area contributed by atoms with Gasteiger partial charge in [0.05, 0.1) is 34.7 Å². The van der Waals surface area contributed by atoms with Crippen LogP contribution in [0.3, 0.4) is 0 Å². The molecule has 0 saturated heterocycles. The number of hydrogen-bond acceptors (Lipinski definition) is 4. The maximum Gasteiger partial charge on any atom is 0.162 e. The highest BCUT2D eigenvalue weighted by atomic mass is 79.9. The van der Waals surface area contributed by atoms with Crippen LogP contribution in [-0.4, -0.2) is 17.1 Å². The maximum absolute atomic E-state index is 6.08. The predicted octanol–water partition coefficient (Wildman–Crippen LogP) is 6.51. The molecule has 0 unspecified atom stereocenters. The Morgan fingerprint density at radius 2 is 1.84 bits per heavy atom. The molecule has 0 aliphatic heterocycles. The summed E-state index contributed by atoms with van der Waals surface area (Å²) in [6.45, 7) is 1.61. The number of fused-ring (bicyclic) bond motifs is 1. The number of imidazole rings is 1. The minimum absolute atomic E-state index is 0.351. The van der Waals surface area contributed by atoms with Gasteiger partial charge in [0.1, 0.15) is 12.4 Å². The molecule has 1 aromatic heterocycles. The van der Waals surface area contributed by atoms with Gasteiger partial charge in [0.25, 0.3) is 0 Å². The van der Waals surface area contributed by atoms with E-state index in [-0.39, 0.29) is 0 Å². The summed E-state index contributed by atoms with van der Waals surface area (Å²) in [6.07, 6.45) is 0. The molecule has 4 aromatic rings. The molecule has 160 valence electrons. The van der Waals surface area contributed by atoms with Crippen LogP contribution >= 0.6 is 39.1 Å². The van der Waals surface area contributed by atoms with Crippen molar-refractivity contribution in [2.45, 2.75) is 19.7 Å². The fourth-order valence-corrected chi connectivity index (χ4v) is 3.96. The number of nitrogens with zero attached hydrogens (tertiary/aromatic N) is 1. The summed E-state index contributed by atoms with van der Waals surface area (Å²) in [7, 11) is 1.63. The molecule has 5 nitrogen and oxygen atoms in total. The van der Waals surface area contributed by atoms with E-state index in [0.717, 1.165) is 32.5 Å². The molecule has 0 aliphatic carbocycles. The third-order valence-electron chi connectivity index (χ3n) is 4.76. The third-order valence-corrected chi connectivity index (χ3v) is 6.23. The molecular weight excluding hydrogens is 501 g/mol. The molecule has 0 saturated carbocycles. The Bertz CT molecular complexity index is 1180. The summed E-state index contributed by atoms with van der Waals surface area (Å²) in [4.78, 5) is 7.91. The molecule has 3 aromatic carbocycles. The summed E-state index contributed by atoms with van der Waals surface area (Å²) in [6, 6.07) is 17.3. The largest absolute Gasteiger partial charge is 0.493 e. The molecule has 0 atom stereocenters. The SMILES string of the molecule is COc1cc(CNCc2nc3ccccc3[nH]2)c(Br)cc1OCc1ccc(Cl)c(Cl)c1. The second-order valence-electron chi connectivity index (χ2n) is 6.94. The first kappa shape index (κ1) is 22.0. The van der Waals surface area contributed by atoms with Crippen molar-refractivity contribution in [1.82, 2.24) is 15.3 Å². The lowest BCUT2D eigenvalue weighted by atomic mass is 10.2. The van der Waals surface area contributed by atoms with E-state index < -0.39 is 0 Å². The molecule has 0 fully saturated rings. The summed E-state index contributed by atoms with van der Waals surface area (Å²) >= 11 is 15.7. The molecule has 0 bridgehead atoms. The average molecular weight is 521 g/mol. The van der Waals surface area contributed by atoms with Crippen LogP contribution in [0.25, 0.3) is 11.0 Å². The van der Waals surface area contributed by atoms with Crippen molar-refractivity contribution in [2.24, 2.45) is 0 Å². The van der Waals surface area contributed by atoms with Crippen LogP contribution in [0.4, 0.5) is 0 Å². The number of ether oxygens (including phenoxy) is 2. The van der Waals surface area contributed by atoms with Crippen molar-refractivity contribution in [3.63, 3.8) is 0 Å². The average Bonchev–Trinajstić information content (AvgIpc) is 3.18. The number of hydrogen-bond donors (Lipinski definition) is 2. The normalized spacial score (nSPS) is 11.1. The molecular formula is C23H20BrCl2N3O2. The first-order valence-electron chi connectivity index (χ1n) is 9.61. The predicted molar refractivity (Wildman–Crippen MR) is 128 cm³/mol. The van der Waals surface area contributed by atoms with E-state index in [1.807, 2.05) is 42.5 Å². The number of aromatic nitrogens is 2. The zero-order chi connectivity index (χ0) is 21.8. The second kappa shape index (κ2) is 9.92. The van der Waals surface area contributed by atoms with Crippen LogP contribution in [0.5, 0.6) is 11.5 Å². The van der Waals surface area contributed by atoms with E-state index >= 15 is 0 Å². The van der Waals surface area contributed by atoms with Crippen LogP contribution in [0.1, 0.15) is 17.0 Å². The van der Waals surface area contributed by atoms with E-state index in [4.69, 9.17) is 32.7 Å². The van der Waals surface area contributed by atoms with Gasteiger partial charge in [-0.25, -0.2) is 4.98 Å². The maximum atomic E-state index is 6.08.